The average molecular weight is 320 g/mol. The van der Waals surface area contributed by atoms with Crippen LogP contribution in [0.25, 0.3) is 0 Å². The molecule has 0 bridgehead atoms. The van der Waals surface area contributed by atoms with E-state index in [4.69, 9.17) is 24.4 Å². The average Bonchev–Trinajstić information content (AvgIpc) is 2.42. The molecule has 8 nitrogen and oxygen atoms in total. The van der Waals surface area contributed by atoms with Gasteiger partial charge in [-0.25, -0.2) is 14.5 Å². The zero-order valence-corrected chi connectivity index (χ0v) is 13.6. The van der Waals surface area contributed by atoms with Crippen LogP contribution in [0.4, 0.5) is 4.79 Å². The van der Waals surface area contributed by atoms with Gasteiger partial charge >= 0.3 is 18.1 Å². The second-order valence-corrected chi connectivity index (χ2v) is 5.14. The summed E-state index contributed by atoms with van der Waals surface area (Å²) in [6.07, 6.45) is -1.16. The van der Waals surface area contributed by atoms with Crippen LogP contribution in [0.1, 0.15) is 41.0 Å². The maximum absolute atomic E-state index is 11.7. The van der Waals surface area contributed by atoms with Gasteiger partial charge in [0.25, 0.3) is 0 Å². The number of carbonyl (C=O) groups is 2. The topological polar surface area (TPSA) is 101 Å². The Morgan fingerprint density at radius 2 is 1.73 bits per heavy atom. The van der Waals surface area contributed by atoms with Crippen molar-refractivity contribution in [3.05, 3.63) is 12.2 Å². The smallest absolute Gasteiger partial charge is 0.450 e. The second-order valence-electron chi connectivity index (χ2n) is 5.14. The normalized spacial score (nSPS) is 14.0. The highest BCUT2D eigenvalue weighted by Gasteiger charge is 2.44. The molecule has 128 valence electrons. The highest BCUT2D eigenvalue weighted by Crippen LogP contribution is 2.24. The fraction of sp³-hybridized carbons (Fsp3) is 0.714. The van der Waals surface area contributed by atoms with E-state index in [9.17, 15) is 9.59 Å². The first kappa shape index (κ1) is 20.4. The molecule has 0 radical (unpaired) electrons. The first-order valence-electron chi connectivity index (χ1n) is 6.83. The molecule has 8 heteroatoms. The number of rotatable bonds is 10. The molecular formula is C14H24O8. The molecule has 0 aromatic heterocycles. The molecule has 0 aliphatic rings. The Morgan fingerprint density at radius 3 is 2.14 bits per heavy atom. The van der Waals surface area contributed by atoms with Crippen LogP contribution in [0.2, 0.25) is 0 Å². The third-order valence-corrected chi connectivity index (χ3v) is 2.57. The number of esters is 1. The van der Waals surface area contributed by atoms with Crippen LogP contribution >= 0.6 is 0 Å². The first-order chi connectivity index (χ1) is 10.1. The second kappa shape index (κ2) is 8.72. The summed E-state index contributed by atoms with van der Waals surface area (Å²) in [4.78, 5) is 32.8. The number of hydrogen-bond acceptors (Lipinski definition) is 7. The van der Waals surface area contributed by atoms with E-state index < -0.39 is 30.3 Å². The van der Waals surface area contributed by atoms with Crippen molar-refractivity contribution in [2.45, 2.75) is 52.6 Å². The molecule has 0 spiro atoms. The molecule has 0 aliphatic heterocycles. The van der Waals surface area contributed by atoms with E-state index in [1.54, 1.807) is 20.8 Å². The summed E-state index contributed by atoms with van der Waals surface area (Å²) < 4.78 is 14.6. The molecule has 0 aromatic rings. The summed E-state index contributed by atoms with van der Waals surface area (Å²) in [7, 11) is 0. The monoisotopic (exact) mass is 320 g/mol. The fourth-order valence-electron chi connectivity index (χ4n) is 0.961. The third-order valence-electron chi connectivity index (χ3n) is 2.57. The number of carboxylic acid groups (broad SMARTS) is 1. The summed E-state index contributed by atoms with van der Waals surface area (Å²) in [5.41, 5.74) is -0.720. The minimum absolute atomic E-state index is 0.0354. The molecular weight excluding hydrogens is 296 g/mol. The van der Waals surface area contributed by atoms with Gasteiger partial charge in [0.05, 0.1) is 5.60 Å². The van der Waals surface area contributed by atoms with Gasteiger partial charge in [-0.15, -0.1) is 4.89 Å². The molecule has 0 rings (SSSR count). The quantitative estimate of drug-likeness (QED) is 0.215. The Bertz CT molecular complexity index is 404. The standard InChI is InChI=1S/C14H24O8/c1-7-13(5,6)21-22-14(9-18-8-2,20-12(16)17)19-11(15)10(3)4/h3,7-9H2,1-2,4-6H3,(H,16,17). The molecule has 0 saturated heterocycles. The summed E-state index contributed by atoms with van der Waals surface area (Å²) in [6, 6.07) is 0. The van der Waals surface area contributed by atoms with Crippen molar-refractivity contribution in [3.8, 4) is 0 Å². The molecule has 22 heavy (non-hydrogen) atoms. The van der Waals surface area contributed by atoms with Crippen molar-refractivity contribution < 1.29 is 38.7 Å². The molecule has 0 aromatic carbocycles. The van der Waals surface area contributed by atoms with Crippen LogP contribution in [0.3, 0.4) is 0 Å². The Balaban J connectivity index is 5.29. The van der Waals surface area contributed by atoms with Gasteiger partial charge in [0, 0.05) is 12.2 Å². The van der Waals surface area contributed by atoms with E-state index in [2.05, 4.69) is 11.3 Å². The molecule has 0 saturated carbocycles. The van der Waals surface area contributed by atoms with Gasteiger partial charge in [-0.05, 0) is 34.1 Å². The highest BCUT2D eigenvalue weighted by atomic mass is 17.3. The third kappa shape index (κ3) is 7.39. The van der Waals surface area contributed by atoms with Crippen molar-refractivity contribution in [2.24, 2.45) is 0 Å². The lowest BCUT2D eigenvalue weighted by molar-refractivity contribution is -0.513. The van der Waals surface area contributed by atoms with Crippen molar-refractivity contribution in [3.63, 3.8) is 0 Å². The van der Waals surface area contributed by atoms with E-state index in [0.29, 0.717) is 6.42 Å². The summed E-state index contributed by atoms with van der Waals surface area (Å²) in [6.45, 7) is 11.5. The van der Waals surface area contributed by atoms with E-state index >= 15 is 0 Å². The highest BCUT2D eigenvalue weighted by molar-refractivity contribution is 5.87. The lowest BCUT2D eigenvalue weighted by atomic mass is 10.1. The van der Waals surface area contributed by atoms with Gasteiger partial charge in [-0.3, -0.25) is 0 Å². The van der Waals surface area contributed by atoms with Crippen molar-refractivity contribution in [1.29, 1.82) is 0 Å². The molecule has 1 atom stereocenters. The Hall–Kier alpha value is -1.64. The van der Waals surface area contributed by atoms with Gasteiger partial charge in [-0.2, -0.15) is 0 Å². The predicted octanol–water partition coefficient (Wildman–Crippen LogP) is 2.63. The van der Waals surface area contributed by atoms with Crippen molar-refractivity contribution in [2.75, 3.05) is 13.2 Å². The van der Waals surface area contributed by atoms with E-state index in [-0.39, 0.29) is 12.2 Å². The molecule has 1 N–H and O–H groups in total. The SMILES string of the molecule is C=C(C)C(=O)OC(COCC)(OOC(C)(C)CC)OC(=O)O. The van der Waals surface area contributed by atoms with Gasteiger partial charge in [0.2, 0.25) is 0 Å². The number of carbonyl (C=O) groups excluding carboxylic acids is 1. The van der Waals surface area contributed by atoms with Crippen LogP contribution in [0.15, 0.2) is 12.2 Å². The van der Waals surface area contributed by atoms with Crippen molar-refractivity contribution >= 4 is 12.1 Å². The molecule has 1 unspecified atom stereocenters. The van der Waals surface area contributed by atoms with E-state index in [1.807, 2.05) is 6.92 Å². The Morgan fingerprint density at radius 1 is 1.14 bits per heavy atom. The van der Waals surface area contributed by atoms with Gasteiger partial charge in [-0.1, -0.05) is 13.5 Å². The Kier molecular flexibility index (Phi) is 8.07. The maximum atomic E-state index is 11.7. The lowest BCUT2D eigenvalue weighted by Crippen LogP contribution is -2.48. The molecule has 0 fully saturated rings. The first-order valence-corrected chi connectivity index (χ1v) is 6.83. The maximum Gasteiger partial charge on any atom is 0.511 e. The lowest BCUT2D eigenvalue weighted by Gasteiger charge is -2.32. The summed E-state index contributed by atoms with van der Waals surface area (Å²) >= 11 is 0. The molecule has 0 heterocycles. The summed E-state index contributed by atoms with van der Waals surface area (Å²) in [5, 5.41) is 8.86. The number of hydrogen-bond donors (Lipinski definition) is 1. The minimum atomic E-state index is -2.37. The van der Waals surface area contributed by atoms with Gasteiger partial charge < -0.3 is 19.3 Å². The van der Waals surface area contributed by atoms with Crippen LogP contribution in [0.5, 0.6) is 0 Å². The largest absolute Gasteiger partial charge is 0.511 e. The Labute approximate surface area is 129 Å². The van der Waals surface area contributed by atoms with Crippen LogP contribution in [-0.4, -0.2) is 42.0 Å². The molecule has 0 aliphatic carbocycles. The fourth-order valence-corrected chi connectivity index (χ4v) is 0.961. The summed E-state index contributed by atoms with van der Waals surface area (Å²) in [5.74, 6) is -3.27. The van der Waals surface area contributed by atoms with Gasteiger partial charge in [0.15, 0.2) is 6.61 Å². The van der Waals surface area contributed by atoms with Crippen LogP contribution in [0, 0.1) is 0 Å². The van der Waals surface area contributed by atoms with Crippen LogP contribution in [-0.2, 0) is 28.8 Å². The minimum Gasteiger partial charge on any atom is -0.450 e. The van der Waals surface area contributed by atoms with Gasteiger partial charge in [0.1, 0.15) is 0 Å². The van der Waals surface area contributed by atoms with Crippen LogP contribution < -0.4 is 0 Å². The van der Waals surface area contributed by atoms with E-state index in [0.717, 1.165) is 0 Å². The predicted molar refractivity (Wildman–Crippen MR) is 75.8 cm³/mol. The van der Waals surface area contributed by atoms with Crippen molar-refractivity contribution in [1.82, 2.24) is 0 Å². The zero-order chi connectivity index (χ0) is 17.4. The number of ether oxygens (including phenoxy) is 3. The van der Waals surface area contributed by atoms with E-state index in [1.165, 1.54) is 6.92 Å². The zero-order valence-electron chi connectivity index (χ0n) is 13.6. The molecule has 0 amide bonds.